The molecule has 1 atom stereocenters. The van der Waals surface area contributed by atoms with Crippen LogP contribution >= 0.6 is 0 Å². The molecule has 1 heterocycles. The highest BCUT2D eigenvalue weighted by atomic mass is 19.1. The lowest BCUT2D eigenvalue weighted by atomic mass is 9.95. The summed E-state index contributed by atoms with van der Waals surface area (Å²) in [6.07, 6.45) is 2.51. The van der Waals surface area contributed by atoms with Crippen molar-refractivity contribution in [1.29, 1.82) is 0 Å². The molecule has 1 saturated heterocycles. The van der Waals surface area contributed by atoms with Crippen LogP contribution in [0.15, 0.2) is 23.2 Å². The summed E-state index contributed by atoms with van der Waals surface area (Å²) < 4.78 is 27.4. The number of primary amides is 1. The maximum Gasteiger partial charge on any atom is 0.217 e. The topological polar surface area (TPSA) is 70.7 Å². The predicted molar refractivity (Wildman–Crippen MR) is 94.1 cm³/mol. The third-order valence-corrected chi connectivity index (χ3v) is 4.33. The molecular weight excluding hydrogens is 326 g/mol. The number of hydrogen-bond acceptors (Lipinski definition) is 2. The minimum atomic E-state index is -0.542. The number of benzene rings is 1. The first-order valence-corrected chi connectivity index (χ1v) is 8.75. The van der Waals surface area contributed by atoms with Crippen LogP contribution < -0.4 is 11.1 Å². The Balaban J connectivity index is 2.01. The second-order valence-electron chi connectivity index (χ2n) is 6.31. The number of carbonyl (C=O) groups excluding carboxylic acids is 1. The standard InChI is InChI=1S/C18H26F2N4O/c1-2-22-18(24-10-4-5-13(12-24)11-17(21)25)23-9-8-14-15(19)6-3-7-16(14)20/h3,6-7,13H,2,4-5,8-12H2,1H3,(H2,21,25)(H,22,23). The molecule has 1 aromatic carbocycles. The number of amides is 1. The Morgan fingerprint density at radius 3 is 2.76 bits per heavy atom. The van der Waals surface area contributed by atoms with Crippen molar-refractivity contribution in [1.82, 2.24) is 10.2 Å². The van der Waals surface area contributed by atoms with Crippen molar-refractivity contribution < 1.29 is 13.6 Å². The minimum absolute atomic E-state index is 0.0624. The van der Waals surface area contributed by atoms with Crippen molar-refractivity contribution in [3.8, 4) is 0 Å². The van der Waals surface area contributed by atoms with E-state index >= 15 is 0 Å². The van der Waals surface area contributed by atoms with Gasteiger partial charge in [-0.2, -0.15) is 0 Å². The second kappa shape index (κ2) is 9.34. The average molecular weight is 352 g/mol. The molecule has 5 nitrogen and oxygen atoms in total. The predicted octanol–water partition coefficient (Wildman–Crippen LogP) is 2.06. The van der Waals surface area contributed by atoms with Gasteiger partial charge >= 0.3 is 0 Å². The summed E-state index contributed by atoms with van der Waals surface area (Å²) in [5.41, 5.74) is 5.36. The van der Waals surface area contributed by atoms with E-state index < -0.39 is 11.6 Å². The molecule has 0 spiro atoms. The molecule has 0 aromatic heterocycles. The normalized spacial score (nSPS) is 18.3. The van der Waals surface area contributed by atoms with Crippen molar-refractivity contribution in [2.24, 2.45) is 16.6 Å². The number of guanidine groups is 1. The lowest BCUT2D eigenvalue weighted by Crippen LogP contribution is -2.47. The zero-order valence-electron chi connectivity index (χ0n) is 14.6. The van der Waals surface area contributed by atoms with Gasteiger partial charge in [0.05, 0.1) is 0 Å². The fraction of sp³-hybridized carbons (Fsp3) is 0.556. The molecule has 1 unspecified atom stereocenters. The zero-order chi connectivity index (χ0) is 18.2. The quantitative estimate of drug-likeness (QED) is 0.608. The molecule has 138 valence electrons. The highest BCUT2D eigenvalue weighted by Crippen LogP contribution is 2.19. The highest BCUT2D eigenvalue weighted by molar-refractivity contribution is 5.80. The summed E-state index contributed by atoms with van der Waals surface area (Å²) in [5, 5.41) is 3.21. The third kappa shape index (κ3) is 5.69. The Morgan fingerprint density at radius 2 is 2.12 bits per heavy atom. The maximum absolute atomic E-state index is 13.7. The number of nitrogens with two attached hydrogens (primary N) is 1. The number of carbonyl (C=O) groups is 1. The van der Waals surface area contributed by atoms with E-state index in [1.165, 1.54) is 18.2 Å². The molecule has 0 aliphatic carbocycles. The van der Waals surface area contributed by atoms with Gasteiger partial charge < -0.3 is 16.0 Å². The van der Waals surface area contributed by atoms with Gasteiger partial charge in [-0.25, -0.2) is 8.78 Å². The third-order valence-electron chi connectivity index (χ3n) is 4.33. The number of aliphatic imine (C=N–C) groups is 1. The molecule has 2 rings (SSSR count). The van der Waals surface area contributed by atoms with Gasteiger partial charge in [-0.3, -0.25) is 9.79 Å². The van der Waals surface area contributed by atoms with Crippen molar-refractivity contribution >= 4 is 11.9 Å². The monoisotopic (exact) mass is 352 g/mol. The second-order valence-corrected chi connectivity index (χ2v) is 6.31. The molecule has 1 fully saturated rings. The summed E-state index contributed by atoms with van der Waals surface area (Å²) in [4.78, 5) is 17.8. The van der Waals surface area contributed by atoms with Gasteiger partial charge in [-0.1, -0.05) is 6.07 Å². The molecule has 1 aromatic rings. The summed E-state index contributed by atoms with van der Waals surface area (Å²) in [6.45, 7) is 4.51. The van der Waals surface area contributed by atoms with Gasteiger partial charge in [0.25, 0.3) is 0 Å². The number of piperidine rings is 1. The van der Waals surface area contributed by atoms with Crippen LogP contribution in [-0.2, 0) is 11.2 Å². The molecule has 1 aliphatic rings. The van der Waals surface area contributed by atoms with E-state index in [2.05, 4.69) is 15.2 Å². The molecule has 3 N–H and O–H groups in total. The summed E-state index contributed by atoms with van der Waals surface area (Å²) in [5.74, 6) is -0.434. The van der Waals surface area contributed by atoms with Crippen LogP contribution in [0.25, 0.3) is 0 Å². The van der Waals surface area contributed by atoms with Crippen LogP contribution in [0.1, 0.15) is 31.7 Å². The number of nitrogens with one attached hydrogen (secondary N) is 1. The Hall–Kier alpha value is -2.18. The number of likely N-dealkylation sites (tertiary alicyclic amines) is 1. The van der Waals surface area contributed by atoms with Crippen LogP contribution in [0.3, 0.4) is 0 Å². The molecule has 1 amide bonds. The van der Waals surface area contributed by atoms with Crippen LogP contribution in [0.2, 0.25) is 0 Å². The first kappa shape index (κ1) is 19.1. The van der Waals surface area contributed by atoms with E-state index in [1.807, 2.05) is 6.92 Å². The van der Waals surface area contributed by atoms with Crippen LogP contribution in [0.5, 0.6) is 0 Å². The summed E-state index contributed by atoms with van der Waals surface area (Å²) in [6, 6.07) is 3.87. The van der Waals surface area contributed by atoms with Crippen LogP contribution in [-0.4, -0.2) is 42.9 Å². The summed E-state index contributed by atoms with van der Waals surface area (Å²) in [7, 11) is 0. The SMILES string of the molecule is CCNC(=NCCc1c(F)cccc1F)N1CCCC(CC(N)=O)C1. The lowest BCUT2D eigenvalue weighted by molar-refractivity contribution is -0.119. The van der Waals surface area contributed by atoms with Crippen molar-refractivity contribution in [2.75, 3.05) is 26.2 Å². The molecule has 0 saturated carbocycles. The number of hydrogen-bond donors (Lipinski definition) is 2. The van der Waals surface area contributed by atoms with Crippen molar-refractivity contribution in [3.05, 3.63) is 35.4 Å². The zero-order valence-corrected chi connectivity index (χ0v) is 14.6. The van der Waals surface area contributed by atoms with Crippen LogP contribution in [0, 0.1) is 17.6 Å². The van der Waals surface area contributed by atoms with E-state index in [-0.39, 0.29) is 30.4 Å². The Morgan fingerprint density at radius 1 is 1.40 bits per heavy atom. The fourth-order valence-electron chi connectivity index (χ4n) is 3.18. The smallest absolute Gasteiger partial charge is 0.217 e. The minimum Gasteiger partial charge on any atom is -0.370 e. The Bertz CT molecular complexity index is 601. The van der Waals surface area contributed by atoms with Gasteiger partial charge in [-0.05, 0) is 44.2 Å². The summed E-state index contributed by atoms with van der Waals surface area (Å²) >= 11 is 0. The van der Waals surface area contributed by atoms with Gasteiger partial charge in [0.2, 0.25) is 5.91 Å². The number of nitrogens with zero attached hydrogens (tertiary/aromatic N) is 2. The lowest BCUT2D eigenvalue weighted by Gasteiger charge is -2.34. The Kier molecular flexibility index (Phi) is 7.16. The van der Waals surface area contributed by atoms with Gasteiger partial charge in [0.1, 0.15) is 11.6 Å². The van der Waals surface area contributed by atoms with Gasteiger partial charge in [-0.15, -0.1) is 0 Å². The maximum atomic E-state index is 13.7. The van der Waals surface area contributed by atoms with E-state index in [0.29, 0.717) is 25.5 Å². The largest absolute Gasteiger partial charge is 0.370 e. The number of halogens is 2. The van der Waals surface area contributed by atoms with E-state index in [4.69, 9.17) is 5.73 Å². The van der Waals surface area contributed by atoms with Crippen LogP contribution in [0.4, 0.5) is 8.78 Å². The average Bonchev–Trinajstić information content (AvgIpc) is 2.56. The van der Waals surface area contributed by atoms with Crippen molar-refractivity contribution in [3.63, 3.8) is 0 Å². The van der Waals surface area contributed by atoms with Crippen molar-refractivity contribution in [2.45, 2.75) is 32.6 Å². The molecule has 25 heavy (non-hydrogen) atoms. The van der Waals surface area contributed by atoms with E-state index in [1.54, 1.807) is 0 Å². The van der Waals surface area contributed by atoms with E-state index in [9.17, 15) is 13.6 Å². The number of rotatable bonds is 6. The molecule has 0 bridgehead atoms. The first-order valence-electron chi connectivity index (χ1n) is 8.75. The van der Waals surface area contributed by atoms with E-state index in [0.717, 1.165) is 19.4 Å². The fourth-order valence-corrected chi connectivity index (χ4v) is 3.18. The molecular formula is C18H26F2N4O. The first-order chi connectivity index (χ1) is 12.0. The molecule has 0 radical (unpaired) electrons. The highest BCUT2D eigenvalue weighted by Gasteiger charge is 2.23. The van der Waals surface area contributed by atoms with Gasteiger partial charge in [0.15, 0.2) is 5.96 Å². The van der Waals surface area contributed by atoms with Gasteiger partial charge in [0, 0.05) is 38.2 Å². The molecule has 7 heteroatoms. The molecule has 1 aliphatic heterocycles. The Labute approximate surface area is 147 Å².